The van der Waals surface area contributed by atoms with Crippen LogP contribution >= 0.6 is 11.6 Å². The second kappa shape index (κ2) is 10.4. The Morgan fingerprint density at radius 1 is 0.917 bits per heavy atom. The lowest BCUT2D eigenvalue weighted by Crippen LogP contribution is -2.24. The van der Waals surface area contributed by atoms with Gasteiger partial charge in [-0.2, -0.15) is 0 Å². The fourth-order valence-corrected chi connectivity index (χ4v) is 5.88. The summed E-state index contributed by atoms with van der Waals surface area (Å²) < 4.78 is 27.2. The molecular formula is C30H31ClF2N2O. The zero-order valence-electron chi connectivity index (χ0n) is 20.5. The minimum absolute atomic E-state index is 0.0487. The van der Waals surface area contributed by atoms with Crippen LogP contribution in [0.4, 0.5) is 8.78 Å². The summed E-state index contributed by atoms with van der Waals surface area (Å²) in [7, 11) is 0. The van der Waals surface area contributed by atoms with Gasteiger partial charge in [-0.15, -0.1) is 0 Å². The Hall–Kier alpha value is -2.66. The van der Waals surface area contributed by atoms with Crippen molar-refractivity contribution in [3.8, 4) is 22.3 Å². The van der Waals surface area contributed by atoms with Gasteiger partial charge in [-0.1, -0.05) is 43.5 Å². The third kappa shape index (κ3) is 5.51. The molecule has 0 spiro atoms. The number of hydrogen-bond acceptors (Lipinski definition) is 3. The molecule has 0 atom stereocenters. The first-order valence-electron chi connectivity index (χ1n) is 12.9. The predicted octanol–water partition coefficient (Wildman–Crippen LogP) is 8.77. The zero-order chi connectivity index (χ0) is 25.3. The lowest BCUT2D eigenvalue weighted by atomic mass is 9.79. The Balaban J connectivity index is 1.36. The Bertz CT molecular complexity index is 1240. The van der Waals surface area contributed by atoms with E-state index < -0.39 is 5.92 Å². The van der Waals surface area contributed by atoms with Gasteiger partial charge in [0.2, 0.25) is 5.92 Å². The van der Waals surface area contributed by atoms with Gasteiger partial charge < -0.3 is 0 Å². The smallest absolute Gasteiger partial charge is 0.248 e. The monoisotopic (exact) mass is 508 g/mol. The number of carbonyl (C=O) groups excluding carboxylic acids is 1. The molecule has 5 rings (SSSR count). The van der Waals surface area contributed by atoms with Crippen LogP contribution in [0.2, 0.25) is 5.02 Å². The first kappa shape index (κ1) is 25.0. The average molecular weight is 509 g/mol. The van der Waals surface area contributed by atoms with Crippen LogP contribution in [-0.2, 0) is 0 Å². The van der Waals surface area contributed by atoms with E-state index in [1.54, 1.807) is 24.7 Å². The number of benzene rings is 1. The summed E-state index contributed by atoms with van der Waals surface area (Å²) in [5.74, 6) is -1.53. The van der Waals surface area contributed by atoms with Crippen molar-refractivity contribution in [2.24, 2.45) is 11.8 Å². The van der Waals surface area contributed by atoms with E-state index in [0.29, 0.717) is 29.3 Å². The van der Waals surface area contributed by atoms with E-state index in [9.17, 15) is 13.6 Å². The average Bonchev–Trinajstić information content (AvgIpc) is 2.89. The molecule has 2 fully saturated rings. The van der Waals surface area contributed by atoms with E-state index in [1.807, 2.05) is 30.3 Å². The van der Waals surface area contributed by atoms with Crippen LogP contribution in [0.1, 0.15) is 80.3 Å². The molecule has 0 saturated heterocycles. The highest BCUT2D eigenvalue weighted by Gasteiger charge is 2.35. The lowest BCUT2D eigenvalue weighted by Gasteiger charge is -2.28. The van der Waals surface area contributed by atoms with Crippen LogP contribution in [-0.4, -0.2) is 21.7 Å². The molecule has 0 unspecified atom stereocenters. The topological polar surface area (TPSA) is 42.9 Å². The number of halogens is 3. The summed E-state index contributed by atoms with van der Waals surface area (Å²) in [6, 6.07) is 11.5. The number of Topliss-reactive ketones (excluding diaryl/α,β-unsaturated/α-hetero) is 1. The number of alkyl halides is 2. The van der Waals surface area contributed by atoms with Crippen molar-refractivity contribution >= 4 is 17.4 Å². The summed E-state index contributed by atoms with van der Waals surface area (Å²) in [6.45, 7) is 2.25. The molecule has 6 heteroatoms. The molecule has 0 N–H and O–H groups in total. The maximum absolute atomic E-state index is 13.6. The Labute approximate surface area is 216 Å². The largest absolute Gasteiger partial charge is 0.294 e. The van der Waals surface area contributed by atoms with Gasteiger partial charge in [0.1, 0.15) is 0 Å². The van der Waals surface area contributed by atoms with E-state index in [4.69, 9.17) is 11.6 Å². The van der Waals surface area contributed by atoms with Crippen LogP contribution in [0.5, 0.6) is 0 Å². The van der Waals surface area contributed by atoms with Gasteiger partial charge in [0, 0.05) is 76.2 Å². The molecule has 0 bridgehead atoms. The van der Waals surface area contributed by atoms with Crippen molar-refractivity contribution in [2.45, 2.75) is 70.1 Å². The molecule has 36 heavy (non-hydrogen) atoms. The highest BCUT2D eigenvalue weighted by molar-refractivity contribution is 6.33. The number of pyridine rings is 2. The molecule has 3 nitrogen and oxygen atoms in total. The summed E-state index contributed by atoms with van der Waals surface area (Å²) in [6.07, 6.45) is 10.1. The third-order valence-corrected chi connectivity index (χ3v) is 8.25. The van der Waals surface area contributed by atoms with Crippen LogP contribution < -0.4 is 0 Å². The van der Waals surface area contributed by atoms with Gasteiger partial charge in [0.25, 0.3) is 0 Å². The van der Waals surface area contributed by atoms with Gasteiger partial charge in [-0.25, -0.2) is 8.78 Å². The van der Waals surface area contributed by atoms with Gasteiger partial charge in [-0.3, -0.25) is 14.8 Å². The van der Waals surface area contributed by atoms with Crippen molar-refractivity contribution in [2.75, 3.05) is 0 Å². The fourth-order valence-electron chi connectivity index (χ4n) is 5.59. The van der Waals surface area contributed by atoms with Crippen molar-refractivity contribution in [1.82, 2.24) is 9.97 Å². The second-order valence-corrected chi connectivity index (χ2v) is 11.0. The predicted molar refractivity (Wildman–Crippen MR) is 140 cm³/mol. The molecule has 188 valence electrons. The number of rotatable bonds is 5. The normalized spacial score (nSPS) is 22.3. The molecule has 0 radical (unpaired) electrons. The van der Waals surface area contributed by atoms with Gasteiger partial charge in [-0.05, 0) is 61.4 Å². The number of carbonyl (C=O) groups is 1. The Kier molecular flexibility index (Phi) is 7.21. The van der Waals surface area contributed by atoms with E-state index in [-0.39, 0.29) is 30.5 Å². The highest BCUT2D eigenvalue weighted by Crippen LogP contribution is 2.41. The maximum Gasteiger partial charge on any atom is 0.248 e. The summed E-state index contributed by atoms with van der Waals surface area (Å²) >= 11 is 6.67. The van der Waals surface area contributed by atoms with Crippen molar-refractivity contribution < 1.29 is 13.6 Å². The van der Waals surface area contributed by atoms with Gasteiger partial charge in [0.15, 0.2) is 5.78 Å². The van der Waals surface area contributed by atoms with E-state index in [0.717, 1.165) is 53.6 Å². The minimum atomic E-state index is -2.55. The molecule has 2 aliphatic carbocycles. The van der Waals surface area contributed by atoms with E-state index >= 15 is 0 Å². The van der Waals surface area contributed by atoms with Crippen molar-refractivity contribution in [3.05, 3.63) is 71.3 Å². The lowest BCUT2D eigenvalue weighted by molar-refractivity contribution is -0.0384. The number of hydrogen-bond donors (Lipinski definition) is 0. The molecule has 2 heterocycles. The molecule has 2 aromatic heterocycles. The Morgan fingerprint density at radius 3 is 2.36 bits per heavy atom. The van der Waals surface area contributed by atoms with Crippen LogP contribution in [0, 0.1) is 11.8 Å². The van der Waals surface area contributed by atoms with Crippen LogP contribution in [0.3, 0.4) is 0 Å². The molecule has 3 aromatic rings. The molecule has 0 amide bonds. The van der Waals surface area contributed by atoms with Crippen LogP contribution in [0.15, 0.2) is 55.0 Å². The first-order valence-corrected chi connectivity index (χ1v) is 13.3. The molecule has 2 aliphatic rings. The minimum Gasteiger partial charge on any atom is -0.294 e. The number of aromatic nitrogens is 2. The molecule has 2 saturated carbocycles. The first-order chi connectivity index (χ1) is 17.3. The molecule has 1 aromatic carbocycles. The maximum atomic E-state index is 13.6. The Morgan fingerprint density at radius 2 is 1.64 bits per heavy atom. The number of nitrogens with zero attached hydrogens (tertiary/aromatic N) is 2. The standard InChI is InChI=1S/C30H31ClF2N2O/c1-19-2-4-21(5-3-19)29(36)23-6-7-26(27(31)15-23)25-14-24(17-34-18-25)22-10-13-35-28(16-22)20-8-11-30(32,33)12-9-20/h6-7,10,13-21H,2-5,8-9,11-12H2,1H3. The van der Waals surface area contributed by atoms with Crippen molar-refractivity contribution in [3.63, 3.8) is 0 Å². The highest BCUT2D eigenvalue weighted by atomic mass is 35.5. The second-order valence-electron chi connectivity index (χ2n) is 10.6. The summed E-state index contributed by atoms with van der Waals surface area (Å²) in [5.41, 5.74) is 5.06. The molecular weight excluding hydrogens is 478 g/mol. The summed E-state index contributed by atoms with van der Waals surface area (Å²) in [4.78, 5) is 21.9. The zero-order valence-corrected chi connectivity index (χ0v) is 21.3. The SMILES string of the molecule is CC1CCC(C(=O)c2ccc(-c3cncc(-c4ccnc(C5CCC(F)(F)CC5)c4)c3)c(Cl)c2)CC1. The van der Waals surface area contributed by atoms with Gasteiger partial charge >= 0.3 is 0 Å². The van der Waals surface area contributed by atoms with Crippen LogP contribution in [0.25, 0.3) is 22.3 Å². The quantitative estimate of drug-likeness (QED) is 0.323. The van der Waals surface area contributed by atoms with E-state index in [2.05, 4.69) is 16.9 Å². The third-order valence-electron chi connectivity index (χ3n) is 7.94. The molecule has 0 aliphatic heterocycles. The summed E-state index contributed by atoms with van der Waals surface area (Å²) in [5, 5.41) is 0.530. The fraction of sp³-hybridized carbons (Fsp3) is 0.433. The number of ketones is 1. The van der Waals surface area contributed by atoms with E-state index in [1.165, 1.54) is 0 Å². The van der Waals surface area contributed by atoms with Crippen molar-refractivity contribution in [1.29, 1.82) is 0 Å². The van der Waals surface area contributed by atoms with Gasteiger partial charge in [0.05, 0.1) is 0 Å².